The molecule has 0 atom stereocenters. The number of aryl methyl sites for hydroxylation is 1. The molecule has 0 aliphatic rings. The fraction of sp³-hybridized carbons (Fsp3) is 0.231. The Hall–Kier alpha value is -3.36. The van der Waals surface area contributed by atoms with Crippen LogP contribution in [0.3, 0.4) is 0 Å². The molecule has 3 N–H and O–H groups in total. The molecule has 0 saturated heterocycles. The topological polar surface area (TPSA) is 96.9 Å². The molecule has 178 valence electrons. The summed E-state index contributed by atoms with van der Waals surface area (Å²) in [4.78, 5) is 23.3. The third-order valence-electron chi connectivity index (χ3n) is 4.95. The van der Waals surface area contributed by atoms with E-state index in [0.29, 0.717) is 36.9 Å². The summed E-state index contributed by atoms with van der Waals surface area (Å²) >= 11 is 3.57. The molecule has 3 rings (SSSR count). The van der Waals surface area contributed by atoms with Crippen LogP contribution in [-0.2, 0) is 17.9 Å². The number of aromatic carboxylic acids is 1. The third-order valence-corrected chi connectivity index (χ3v) is 5.69. The maximum absolute atomic E-state index is 12.3. The van der Waals surface area contributed by atoms with Crippen molar-refractivity contribution in [2.75, 3.05) is 18.5 Å². The number of carbonyl (C=O) groups excluding carboxylic acids is 1. The average Bonchev–Trinajstić information content (AvgIpc) is 2.82. The fourth-order valence-corrected chi connectivity index (χ4v) is 3.64. The van der Waals surface area contributed by atoms with Crippen molar-refractivity contribution >= 4 is 33.5 Å². The SMILES string of the molecule is CCOc1cc(CNCc2ccc(C(=O)O)cc2)c(Br)cc1OCC(=O)Nc1ccc(C)cc1. The van der Waals surface area contributed by atoms with Gasteiger partial charge in [-0.2, -0.15) is 0 Å². The van der Waals surface area contributed by atoms with E-state index >= 15 is 0 Å². The maximum Gasteiger partial charge on any atom is 0.335 e. The van der Waals surface area contributed by atoms with Crippen molar-refractivity contribution in [2.45, 2.75) is 26.9 Å². The van der Waals surface area contributed by atoms with E-state index in [1.165, 1.54) is 0 Å². The molecule has 0 bridgehead atoms. The fourth-order valence-electron chi connectivity index (χ4n) is 3.18. The summed E-state index contributed by atoms with van der Waals surface area (Å²) in [5, 5.41) is 15.2. The number of ether oxygens (including phenoxy) is 2. The van der Waals surface area contributed by atoms with Gasteiger partial charge in [-0.3, -0.25) is 4.79 Å². The molecule has 0 aliphatic heterocycles. The van der Waals surface area contributed by atoms with Gasteiger partial charge in [-0.25, -0.2) is 4.79 Å². The van der Waals surface area contributed by atoms with Crippen molar-refractivity contribution in [3.05, 3.63) is 87.4 Å². The minimum absolute atomic E-state index is 0.148. The number of anilines is 1. The Morgan fingerprint density at radius 3 is 2.26 bits per heavy atom. The highest BCUT2D eigenvalue weighted by molar-refractivity contribution is 9.10. The van der Waals surface area contributed by atoms with Crippen molar-refractivity contribution in [2.24, 2.45) is 0 Å². The Balaban J connectivity index is 1.59. The van der Waals surface area contributed by atoms with Crippen molar-refractivity contribution in [1.82, 2.24) is 5.32 Å². The van der Waals surface area contributed by atoms with E-state index in [-0.39, 0.29) is 18.1 Å². The van der Waals surface area contributed by atoms with E-state index in [0.717, 1.165) is 21.2 Å². The van der Waals surface area contributed by atoms with Gasteiger partial charge in [-0.1, -0.05) is 45.8 Å². The largest absolute Gasteiger partial charge is 0.490 e. The summed E-state index contributed by atoms with van der Waals surface area (Å²) in [5.74, 6) is -0.179. The smallest absolute Gasteiger partial charge is 0.335 e. The molecule has 3 aromatic rings. The van der Waals surface area contributed by atoms with Crippen molar-refractivity contribution in [3.8, 4) is 11.5 Å². The molecule has 0 aliphatic carbocycles. The highest BCUT2D eigenvalue weighted by atomic mass is 79.9. The molecular weight excluding hydrogens is 500 g/mol. The molecule has 0 saturated carbocycles. The first-order valence-corrected chi connectivity index (χ1v) is 11.6. The normalized spacial score (nSPS) is 10.6. The molecule has 34 heavy (non-hydrogen) atoms. The van der Waals surface area contributed by atoms with Crippen LogP contribution in [0.1, 0.15) is 34.0 Å². The first-order valence-electron chi connectivity index (χ1n) is 10.8. The van der Waals surface area contributed by atoms with Gasteiger partial charge in [0.05, 0.1) is 12.2 Å². The molecule has 0 radical (unpaired) electrons. The van der Waals surface area contributed by atoms with Gasteiger partial charge in [-0.05, 0) is 61.4 Å². The lowest BCUT2D eigenvalue weighted by Gasteiger charge is -2.15. The monoisotopic (exact) mass is 526 g/mol. The summed E-state index contributed by atoms with van der Waals surface area (Å²) < 4.78 is 12.3. The van der Waals surface area contributed by atoms with Crippen LogP contribution in [0.15, 0.2) is 65.1 Å². The number of rotatable bonds is 11. The quantitative estimate of drug-likeness (QED) is 0.319. The van der Waals surface area contributed by atoms with Gasteiger partial charge in [0.25, 0.3) is 5.91 Å². The zero-order valence-corrected chi connectivity index (χ0v) is 20.6. The molecule has 0 spiro atoms. The summed E-state index contributed by atoms with van der Waals surface area (Å²) in [6.07, 6.45) is 0. The van der Waals surface area contributed by atoms with Gasteiger partial charge in [0, 0.05) is 23.2 Å². The number of hydrogen-bond acceptors (Lipinski definition) is 5. The highest BCUT2D eigenvalue weighted by Gasteiger charge is 2.13. The standard InChI is InChI=1S/C26H27BrN2O5/c1-3-33-23-12-20(15-28-14-18-6-8-19(9-7-18)26(31)32)22(27)13-24(23)34-16-25(30)29-21-10-4-17(2)5-11-21/h4-13,28H,3,14-16H2,1-2H3,(H,29,30)(H,31,32). The third kappa shape index (κ3) is 7.33. The average molecular weight is 527 g/mol. The van der Waals surface area contributed by atoms with E-state index < -0.39 is 5.97 Å². The number of carbonyl (C=O) groups is 2. The Morgan fingerprint density at radius 1 is 0.941 bits per heavy atom. The lowest BCUT2D eigenvalue weighted by atomic mass is 10.1. The van der Waals surface area contributed by atoms with E-state index in [4.69, 9.17) is 14.6 Å². The Kier molecular flexibility index (Phi) is 9.07. The van der Waals surface area contributed by atoms with Gasteiger partial charge in [0.15, 0.2) is 18.1 Å². The van der Waals surface area contributed by atoms with Gasteiger partial charge in [0.2, 0.25) is 0 Å². The number of amides is 1. The van der Waals surface area contributed by atoms with Crippen LogP contribution in [0.25, 0.3) is 0 Å². The Morgan fingerprint density at radius 2 is 1.62 bits per heavy atom. The zero-order chi connectivity index (χ0) is 24.5. The molecule has 0 heterocycles. The number of halogens is 1. The van der Waals surface area contributed by atoms with Crippen LogP contribution in [0.5, 0.6) is 11.5 Å². The van der Waals surface area contributed by atoms with E-state index in [1.54, 1.807) is 30.3 Å². The van der Waals surface area contributed by atoms with E-state index in [9.17, 15) is 9.59 Å². The molecule has 7 nitrogen and oxygen atoms in total. The van der Waals surface area contributed by atoms with Gasteiger partial charge in [-0.15, -0.1) is 0 Å². The van der Waals surface area contributed by atoms with Gasteiger partial charge in [0.1, 0.15) is 0 Å². The van der Waals surface area contributed by atoms with Crippen LogP contribution >= 0.6 is 15.9 Å². The van der Waals surface area contributed by atoms with Crippen LogP contribution in [0.4, 0.5) is 5.69 Å². The second-order valence-electron chi connectivity index (χ2n) is 7.63. The number of carboxylic acid groups (broad SMARTS) is 1. The number of nitrogens with one attached hydrogen (secondary N) is 2. The summed E-state index contributed by atoms with van der Waals surface area (Å²) in [7, 11) is 0. The zero-order valence-electron chi connectivity index (χ0n) is 19.1. The summed E-state index contributed by atoms with van der Waals surface area (Å²) in [6, 6.07) is 18.0. The van der Waals surface area contributed by atoms with E-state index in [1.807, 2.05) is 44.2 Å². The molecule has 0 unspecified atom stereocenters. The van der Waals surface area contributed by atoms with Gasteiger partial charge >= 0.3 is 5.97 Å². The molecular formula is C26H27BrN2O5. The number of carboxylic acids is 1. The summed E-state index contributed by atoms with van der Waals surface area (Å²) in [6.45, 7) is 5.30. The molecule has 0 fully saturated rings. The summed E-state index contributed by atoms with van der Waals surface area (Å²) in [5.41, 5.74) is 4.03. The number of benzene rings is 3. The maximum atomic E-state index is 12.3. The lowest BCUT2D eigenvalue weighted by Crippen LogP contribution is -2.20. The number of hydrogen-bond donors (Lipinski definition) is 3. The van der Waals surface area contributed by atoms with Crippen LogP contribution < -0.4 is 20.1 Å². The van der Waals surface area contributed by atoms with Gasteiger partial charge < -0.3 is 25.2 Å². The minimum Gasteiger partial charge on any atom is -0.490 e. The van der Waals surface area contributed by atoms with Crippen LogP contribution in [0.2, 0.25) is 0 Å². The molecule has 1 amide bonds. The minimum atomic E-state index is -0.943. The lowest BCUT2D eigenvalue weighted by molar-refractivity contribution is -0.118. The first-order chi connectivity index (χ1) is 16.4. The van der Waals surface area contributed by atoms with E-state index in [2.05, 4.69) is 26.6 Å². The Labute approximate surface area is 207 Å². The second kappa shape index (κ2) is 12.2. The highest BCUT2D eigenvalue weighted by Crippen LogP contribution is 2.34. The second-order valence-corrected chi connectivity index (χ2v) is 8.49. The van der Waals surface area contributed by atoms with Crippen LogP contribution in [0, 0.1) is 6.92 Å². The van der Waals surface area contributed by atoms with Crippen LogP contribution in [-0.4, -0.2) is 30.2 Å². The predicted octanol–water partition coefficient (Wildman–Crippen LogP) is 5.16. The molecule has 8 heteroatoms. The molecule has 0 aromatic heterocycles. The predicted molar refractivity (Wildman–Crippen MR) is 135 cm³/mol. The first kappa shape index (κ1) is 25.3. The van der Waals surface area contributed by atoms with Crippen molar-refractivity contribution in [3.63, 3.8) is 0 Å². The Bertz CT molecular complexity index is 1130. The van der Waals surface area contributed by atoms with Crippen molar-refractivity contribution < 1.29 is 24.2 Å². The van der Waals surface area contributed by atoms with Crippen molar-refractivity contribution in [1.29, 1.82) is 0 Å². The molecule has 3 aromatic carbocycles.